The van der Waals surface area contributed by atoms with Gasteiger partial charge in [-0.25, -0.2) is 0 Å². The molecule has 3 heteroatoms. The number of aromatic nitrogens is 1. The summed E-state index contributed by atoms with van der Waals surface area (Å²) in [5.74, 6) is -0.0817. The summed E-state index contributed by atoms with van der Waals surface area (Å²) in [5, 5.41) is 8.79. The number of aryl methyl sites for hydroxylation is 1. The van der Waals surface area contributed by atoms with Crippen LogP contribution < -0.4 is 0 Å². The fourth-order valence-corrected chi connectivity index (χ4v) is 1.66. The maximum Gasteiger partial charge on any atom is 0.209 e. The van der Waals surface area contributed by atoms with Gasteiger partial charge in [-0.15, -0.1) is 0 Å². The van der Waals surface area contributed by atoms with Crippen molar-refractivity contribution in [2.45, 2.75) is 13.3 Å². The maximum atomic E-state index is 12.1. The smallest absolute Gasteiger partial charge is 0.209 e. The third-order valence-electron chi connectivity index (χ3n) is 2.63. The molecule has 1 aromatic heterocycles. The van der Waals surface area contributed by atoms with Crippen LogP contribution in [0.3, 0.4) is 0 Å². The van der Waals surface area contributed by atoms with E-state index in [2.05, 4.69) is 4.98 Å². The summed E-state index contributed by atoms with van der Waals surface area (Å²) in [7, 11) is 0. The van der Waals surface area contributed by atoms with E-state index in [0.717, 1.165) is 12.1 Å². The summed E-state index contributed by atoms with van der Waals surface area (Å²) < 4.78 is 0. The van der Waals surface area contributed by atoms with Crippen molar-refractivity contribution in [1.29, 1.82) is 5.26 Å². The molecule has 0 unspecified atom stereocenters. The van der Waals surface area contributed by atoms with Crippen LogP contribution in [0.5, 0.6) is 0 Å². The second kappa shape index (κ2) is 4.67. The van der Waals surface area contributed by atoms with Crippen molar-refractivity contribution in [2.24, 2.45) is 0 Å². The van der Waals surface area contributed by atoms with E-state index in [0.29, 0.717) is 16.8 Å². The van der Waals surface area contributed by atoms with Gasteiger partial charge in [-0.05, 0) is 30.7 Å². The van der Waals surface area contributed by atoms with E-state index in [4.69, 9.17) is 5.26 Å². The molecule has 0 saturated carbocycles. The van der Waals surface area contributed by atoms with E-state index in [1.54, 1.807) is 30.3 Å². The second-order valence-electron chi connectivity index (χ2n) is 3.77. The quantitative estimate of drug-likeness (QED) is 0.815. The lowest BCUT2D eigenvalue weighted by Gasteiger charge is -1.99. The zero-order valence-electron chi connectivity index (χ0n) is 9.53. The fraction of sp³-hybridized carbons (Fsp3) is 0.143. The average Bonchev–Trinajstić information content (AvgIpc) is 2.86. The summed E-state index contributed by atoms with van der Waals surface area (Å²) in [5.41, 5.74) is 2.63. The number of H-pyrrole nitrogens is 1. The molecule has 0 amide bonds. The Balaban J connectivity index is 2.33. The molecule has 0 radical (unpaired) electrons. The van der Waals surface area contributed by atoms with E-state index < -0.39 is 0 Å². The standard InChI is InChI=1S/C14H12N2O/c1-2-12-6-7-13(16-12)14(17)11-5-3-4-10(8-11)9-15/h3-8,16H,2H2,1H3. The zero-order chi connectivity index (χ0) is 12.3. The Labute approximate surface area is 99.7 Å². The number of benzene rings is 1. The van der Waals surface area contributed by atoms with E-state index in [1.807, 2.05) is 19.1 Å². The molecule has 2 aromatic rings. The van der Waals surface area contributed by atoms with Crippen LogP contribution in [0, 0.1) is 11.3 Å². The number of nitrogens with one attached hydrogen (secondary N) is 1. The number of nitrogens with zero attached hydrogens (tertiary/aromatic N) is 1. The number of hydrogen-bond donors (Lipinski definition) is 1. The number of nitriles is 1. The number of rotatable bonds is 3. The van der Waals surface area contributed by atoms with Crippen LogP contribution in [0.2, 0.25) is 0 Å². The summed E-state index contributed by atoms with van der Waals surface area (Å²) in [6.45, 7) is 2.02. The van der Waals surface area contributed by atoms with Gasteiger partial charge < -0.3 is 4.98 Å². The van der Waals surface area contributed by atoms with Gasteiger partial charge >= 0.3 is 0 Å². The first kappa shape index (κ1) is 11.2. The van der Waals surface area contributed by atoms with Crippen LogP contribution >= 0.6 is 0 Å². The molecule has 0 aliphatic rings. The largest absolute Gasteiger partial charge is 0.356 e. The summed E-state index contributed by atoms with van der Waals surface area (Å²) in [6.07, 6.45) is 0.867. The molecule has 1 aromatic carbocycles. The molecule has 0 saturated heterocycles. The monoisotopic (exact) mass is 224 g/mol. The SMILES string of the molecule is CCc1ccc(C(=O)c2cccc(C#N)c2)[nH]1. The number of hydrogen-bond acceptors (Lipinski definition) is 2. The van der Waals surface area contributed by atoms with E-state index >= 15 is 0 Å². The van der Waals surface area contributed by atoms with Crippen LogP contribution in [-0.4, -0.2) is 10.8 Å². The van der Waals surface area contributed by atoms with Gasteiger partial charge in [0, 0.05) is 11.3 Å². The van der Waals surface area contributed by atoms with Crippen LogP contribution in [0.15, 0.2) is 36.4 Å². The van der Waals surface area contributed by atoms with Gasteiger partial charge in [0.05, 0.1) is 17.3 Å². The van der Waals surface area contributed by atoms with Gasteiger partial charge in [0.1, 0.15) is 0 Å². The predicted molar refractivity (Wildman–Crippen MR) is 64.8 cm³/mol. The highest BCUT2D eigenvalue weighted by molar-refractivity contribution is 6.08. The lowest BCUT2D eigenvalue weighted by molar-refractivity contribution is 0.103. The second-order valence-corrected chi connectivity index (χ2v) is 3.77. The fourth-order valence-electron chi connectivity index (χ4n) is 1.66. The molecule has 3 nitrogen and oxygen atoms in total. The minimum absolute atomic E-state index is 0.0817. The van der Waals surface area contributed by atoms with Gasteiger partial charge in [0.15, 0.2) is 0 Å². The Morgan fingerprint density at radius 2 is 2.18 bits per heavy atom. The molecule has 0 aliphatic heterocycles. The number of aromatic amines is 1. The highest BCUT2D eigenvalue weighted by atomic mass is 16.1. The van der Waals surface area contributed by atoms with Crippen molar-refractivity contribution in [3.05, 3.63) is 58.9 Å². The molecule has 0 spiro atoms. The van der Waals surface area contributed by atoms with Gasteiger partial charge in [0.25, 0.3) is 0 Å². The van der Waals surface area contributed by atoms with Gasteiger partial charge in [-0.1, -0.05) is 19.1 Å². The molecular formula is C14H12N2O. The van der Waals surface area contributed by atoms with Crippen LogP contribution in [-0.2, 0) is 6.42 Å². The lowest BCUT2D eigenvalue weighted by Crippen LogP contribution is -2.02. The Hall–Kier alpha value is -2.34. The van der Waals surface area contributed by atoms with Crippen LogP contribution in [0.1, 0.15) is 34.2 Å². The maximum absolute atomic E-state index is 12.1. The third-order valence-corrected chi connectivity index (χ3v) is 2.63. The van der Waals surface area contributed by atoms with Crippen molar-refractivity contribution < 1.29 is 4.79 Å². The third kappa shape index (κ3) is 2.26. The van der Waals surface area contributed by atoms with Crippen molar-refractivity contribution in [1.82, 2.24) is 4.98 Å². The highest BCUT2D eigenvalue weighted by Gasteiger charge is 2.11. The lowest BCUT2D eigenvalue weighted by atomic mass is 10.1. The molecule has 1 N–H and O–H groups in total. The van der Waals surface area contributed by atoms with E-state index in [-0.39, 0.29) is 5.78 Å². The normalized spacial score (nSPS) is 9.88. The summed E-state index contributed by atoms with van der Waals surface area (Å²) in [6, 6.07) is 12.4. The Bertz CT molecular complexity index is 590. The first-order chi connectivity index (χ1) is 8.24. The molecule has 2 rings (SSSR count). The minimum Gasteiger partial charge on any atom is -0.356 e. The topological polar surface area (TPSA) is 56.6 Å². The Morgan fingerprint density at radius 3 is 2.82 bits per heavy atom. The van der Waals surface area contributed by atoms with Crippen molar-refractivity contribution in [3.8, 4) is 6.07 Å². The van der Waals surface area contributed by atoms with E-state index in [9.17, 15) is 4.79 Å². The molecule has 0 atom stereocenters. The first-order valence-electron chi connectivity index (χ1n) is 5.47. The first-order valence-corrected chi connectivity index (χ1v) is 5.47. The molecule has 0 bridgehead atoms. The van der Waals surface area contributed by atoms with Crippen LogP contribution in [0.25, 0.3) is 0 Å². The number of ketones is 1. The molecule has 0 aliphatic carbocycles. The molecule has 1 heterocycles. The van der Waals surface area contributed by atoms with Crippen LogP contribution in [0.4, 0.5) is 0 Å². The van der Waals surface area contributed by atoms with Crippen molar-refractivity contribution >= 4 is 5.78 Å². The van der Waals surface area contributed by atoms with Gasteiger partial charge in [0.2, 0.25) is 5.78 Å². The Morgan fingerprint density at radius 1 is 1.35 bits per heavy atom. The van der Waals surface area contributed by atoms with Crippen molar-refractivity contribution in [2.75, 3.05) is 0 Å². The van der Waals surface area contributed by atoms with E-state index in [1.165, 1.54) is 0 Å². The summed E-state index contributed by atoms with van der Waals surface area (Å²) >= 11 is 0. The molecule has 84 valence electrons. The molecular weight excluding hydrogens is 212 g/mol. The number of carbonyl (C=O) groups excluding carboxylic acids is 1. The van der Waals surface area contributed by atoms with Gasteiger partial charge in [-0.2, -0.15) is 5.26 Å². The van der Waals surface area contributed by atoms with Crippen molar-refractivity contribution in [3.63, 3.8) is 0 Å². The highest BCUT2D eigenvalue weighted by Crippen LogP contribution is 2.11. The molecule has 17 heavy (non-hydrogen) atoms. The summed E-state index contributed by atoms with van der Waals surface area (Å²) in [4.78, 5) is 15.2. The average molecular weight is 224 g/mol. The molecule has 0 fully saturated rings. The van der Waals surface area contributed by atoms with Gasteiger partial charge in [-0.3, -0.25) is 4.79 Å². The zero-order valence-corrected chi connectivity index (χ0v) is 9.53. The minimum atomic E-state index is -0.0817. The Kier molecular flexibility index (Phi) is 3.06. The number of carbonyl (C=O) groups is 1. The predicted octanol–water partition coefficient (Wildman–Crippen LogP) is 2.68.